The molecule has 0 bridgehead atoms. The van der Waals surface area contributed by atoms with Gasteiger partial charge in [-0.25, -0.2) is 0 Å². The highest BCUT2D eigenvalue weighted by Gasteiger charge is 2.23. The lowest BCUT2D eigenvalue weighted by molar-refractivity contribution is -0.143. The van der Waals surface area contributed by atoms with E-state index in [1.807, 2.05) is 0 Å². The minimum atomic E-state index is -3.66. The lowest BCUT2D eigenvalue weighted by Gasteiger charge is -2.17. The minimum Gasteiger partial charge on any atom is -0.465 e. The van der Waals surface area contributed by atoms with Crippen LogP contribution in [0.15, 0.2) is 10.4 Å². The first kappa shape index (κ1) is 14.3. The Bertz CT molecular complexity index is 404. The molecule has 1 fully saturated rings. The predicted octanol–water partition coefficient (Wildman–Crippen LogP) is 0.373. The summed E-state index contributed by atoms with van der Waals surface area (Å²) in [4.78, 5) is 13.0. The van der Waals surface area contributed by atoms with Crippen molar-refractivity contribution in [3.63, 3.8) is 0 Å². The smallest absolute Gasteiger partial charge is 0.325 e. The van der Waals surface area contributed by atoms with Gasteiger partial charge in [-0.3, -0.25) is 8.98 Å². The average Bonchev–Trinajstić information content (AvgIpc) is 2.65. The summed E-state index contributed by atoms with van der Waals surface area (Å²) < 4.78 is 31.7. The molecule has 1 saturated heterocycles. The lowest BCUT2D eigenvalue weighted by atomic mass is 10.5. The molecule has 0 aliphatic carbocycles. The average molecular weight is 281 g/mol. The van der Waals surface area contributed by atoms with Crippen molar-refractivity contribution in [2.24, 2.45) is 0 Å². The fourth-order valence-electron chi connectivity index (χ4n) is 1.26. The monoisotopic (exact) mass is 281 g/mol. The quantitative estimate of drug-likeness (QED) is 0.532. The molecule has 0 aromatic rings. The largest absolute Gasteiger partial charge is 0.465 e. The third-order valence-corrected chi connectivity index (χ3v) is 4.21. The van der Waals surface area contributed by atoms with Crippen molar-refractivity contribution >= 4 is 27.8 Å². The van der Waals surface area contributed by atoms with Gasteiger partial charge in [-0.2, -0.15) is 8.42 Å². The summed E-state index contributed by atoms with van der Waals surface area (Å²) >= 11 is 1.37. The zero-order valence-electron chi connectivity index (χ0n) is 9.71. The highest BCUT2D eigenvalue weighted by Crippen LogP contribution is 2.28. The van der Waals surface area contributed by atoms with E-state index in [0.717, 1.165) is 18.3 Å². The van der Waals surface area contributed by atoms with E-state index in [-0.39, 0.29) is 12.5 Å². The van der Waals surface area contributed by atoms with Crippen LogP contribution >= 0.6 is 11.8 Å². The van der Waals surface area contributed by atoms with E-state index in [9.17, 15) is 13.2 Å². The Morgan fingerprint density at radius 3 is 2.88 bits per heavy atom. The van der Waals surface area contributed by atoms with Crippen LogP contribution < -0.4 is 0 Å². The number of thioether (sulfide) groups is 1. The molecule has 0 saturated carbocycles. The van der Waals surface area contributed by atoms with Crippen molar-refractivity contribution in [2.75, 3.05) is 32.6 Å². The van der Waals surface area contributed by atoms with Crippen molar-refractivity contribution in [3.05, 3.63) is 10.4 Å². The van der Waals surface area contributed by atoms with Gasteiger partial charge in [-0.15, -0.1) is 11.8 Å². The summed E-state index contributed by atoms with van der Waals surface area (Å²) in [7, 11) is -2.56. The van der Waals surface area contributed by atoms with Gasteiger partial charge >= 0.3 is 5.97 Å². The van der Waals surface area contributed by atoms with Gasteiger partial charge in [0.25, 0.3) is 10.1 Å². The molecule has 1 aliphatic rings. The van der Waals surface area contributed by atoms with E-state index in [2.05, 4.69) is 4.18 Å². The maximum absolute atomic E-state index is 11.3. The molecule has 0 amide bonds. The third-order valence-electron chi connectivity index (χ3n) is 2.03. The molecule has 0 aromatic heterocycles. The topological polar surface area (TPSA) is 72.9 Å². The molecular weight excluding hydrogens is 266 g/mol. The fourth-order valence-corrected chi connectivity index (χ4v) is 3.24. The molecule has 8 heteroatoms. The number of carbonyl (C=O) groups excluding carboxylic acids is 1. The Kier molecular flexibility index (Phi) is 5.29. The molecule has 1 heterocycles. The molecule has 17 heavy (non-hydrogen) atoms. The van der Waals surface area contributed by atoms with Gasteiger partial charge in [0, 0.05) is 12.3 Å². The SMILES string of the molecule is CCOC(=O)CN1CCS/C1=C\S(=O)(=O)OC. The molecular formula is C9H15NO5S2. The van der Waals surface area contributed by atoms with E-state index < -0.39 is 10.1 Å². The molecule has 1 aliphatic heterocycles. The predicted molar refractivity (Wildman–Crippen MR) is 64.7 cm³/mol. The number of hydrogen-bond donors (Lipinski definition) is 0. The van der Waals surface area contributed by atoms with E-state index in [0.29, 0.717) is 18.2 Å². The molecule has 98 valence electrons. The maximum atomic E-state index is 11.3. The fraction of sp³-hybridized carbons (Fsp3) is 0.667. The Hall–Kier alpha value is -0.730. The van der Waals surface area contributed by atoms with Crippen molar-refractivity contribution in [1.29, 1.82) is 0 Å². The van der Waals surface area contributed by atoms with Crippen molar-refractivity contribution in [1.82, 2.24) is 4.90 Å². The van der Waals surface area contributed by atoms with E-state index in [1.54, 1.807) is 11.8 Å². The number of nitrogens with zero attached hydrogens (tertiary/aromatic N) is 1. The first-order chi connectivity index (χ1) is 7.98. The summed E-state index contributed by atoms with van der Waals surface area (Å²) in [5.41, 5.74) is 0. The lowest BCUT2D eigenvalue weighted by Crippen LogP contribution is -2.27. The minimum absolute atomic E-state index is 0.0614. The maximum Gasteiger partial charge on any atom is 0.325 e. The number of rotatable bonds is 5. The van der Waals surface area contributed by atoms with Crippen LogP contribution in [0.5, 0.6) is 0 Å². The van der Waals surface area contributed by atoms with Crippen LogP contribution in [0.1, 0.15) is 6.92 Å². The summed E-state index contributed by atoms with van der Waals surface area (Å²) in [6.45, 7) is 2.72. The number of hydrogen-bond acceptors (Lipinski definition) is 7. The third kappa shape index (κ3) is 4.57. The summed E-state index contributed by atoms with van der Waals surface area (Å²) in [5, 5.41) is 1.55. The Labute approximate surface area is 105 Å². The van der Waals surface area contributed by atoms with Gasteiger partial charge in [-0.1, -0.05) is 0 Å². The van der Waals surface area contributed by atoms with Gasteiger partial charge in [0.15, 0.2) is 0 Å². The first-order valence-electron chi connectivity index (χ1n) is 5.04. The second-order valence-electron chi connectivity index (χ2n) is 3.19. The number of carbonyl (C=O) groups is 1. The standard InChI is InChI=1S/C9H15NO5S2/c1-3-15-9(11)6-10-4-5-16-8(10)7-17(12,13)14-2/h7H,3-6H2,1-2H3/b8-7-. The van der Waals surface area contributed by atoms with Crippen LogP contribution in [0.25, 0.3) is 0 Å². The van der Waals surface area contributed by atoms with Crippen LogP contribution in [-0.2, 0) is 23.8 Å². The molecule has 0 radical (unpaired) electrons. The Balaban J connectivity index is 2.70. The molecule has 0 spiro atoms. The Morgan fingerprint density at radius 2 is 2.29 bits per heavy atom. The van der Waals surface area contributed by atoms with Gasteiger partial charge in [0.2, 0.25) is 0 Å². The first-order valence-corrected chi connectivity index (χ1v) is 7.50. The molecule has 0 atom stereocenters. The summed E-state index contributed by atoms with van der Waals surface area (Å²) in [6.07, 6.45) is 0. The van der Waals surface area contributed by atoms with Gasteiger partial charge < -0.3 is 9.64 Å². The van der Waals surface area contributed by atoms with E-state index in [4.69, 9.17) is 4.74 Å². The van der Waals surface area contributed by atoms with Gasteiger partial charge in [0.1, 0.15) is 6.54 Å². The van der Waals surface area contributed by atoms with Crippen LogP contribution in [0.2, 0.25) is 0 Å². The van der Waals surface area contributed by atoms with Crippen molar-refractivity contribution < 1.29 is 22.1 Å². The highest BCUT2D eigenvalue weighted by molar-refractivity contribution is 8.04. The Morgan fingerprint density at radius 1 is 1.59 bits per heavy atom. The van der Waals surface area contributed by atoms with Gasteiger partial charge in [-0.05, 0) is 6.92 Å². The molecule has 0 aromatic carbocycles. The number of ether oxygens (including phenoxy) is 1. The molecule has 0 N–H and O–H groups in total. The molecule has 6 nitrogen and oxygen atoms in total. The van der Waals surface area contributed by atoms with Crippen LogP contribution in [-0.4, -0.2) is 51.8 Å². The zero-order chi connectivity index (χ0) is 12.9. The molecule has 1 rings (SSSR count). The van der Waals surface area contributed by atoms with Crippen molar-refractivity contribution in [3.8, 4) is 0 Å². The number of esters is 1. The van der Waals surface area contributed by atoms with Crippen LogP contribution in [0, 0.1) is 0 Å². The summed E-state index contributed by atoms with van der Waals surface area (Å²) in [6, 6.07) is 0. The molecule has 0 unspecified atom stereocenters. The zero-order valence-corrected chi connectivity index (χ0v) is 11.3. The second kappa shape index (κ2) is 6.27. The highest BCUT2D eigenvalue weighted by atomic mass is 32.2. The second-order valence-corrected chi connectivity index (χ2v) is 5.86. The van der Waals surface area contributed by atoms with E-state index >= 15 is 0 Å². The van der Waals surface area contributed by atoms with E-state index in [1.165, 1.54) is 11.8 Å². The van der Waals surface area contributed by atoms with Gasteiger partial charge in [0.05, 0.1) is 24.2 Å². The van der Waals surface area contributed by atoms with Crippen molar-refractivity contribution in [2.45, 2.75) is 6.92 Å². The summed E-state index contributed by atoms with van der Waals surface area (Å²) in [5.74, 6) is 0.375. The van der Waals surface area contributed by atoms with Crippen LogP contribution in [0.3, 0.4) is 0 Å². The van der Waals surface area contributed by atoms with Crippen LogP contribution in [0.4, 0.5) is 0 Å². The normalized spacial score (nSPS) is 18.7.